The van der Waals surface area contributed by atoms with Gasteiger partial charge in [-0.15, -0.1) is 0 Å². The molecule has 0 saturated heterocycles. The van der Waals surface area contributed by atoms with Gasteiger partial charge in [0.15, 0.2) is 0 Å². The van der Waals surface area contributed by atoms with Crippen LogP contribution in [0.1, 0.15) is 34.4 Å². The molecule has 1 N–H and O–H groups in total. The van der Waals surface area contributed by atoms with Crippen molar-refractivity contribution in [3.63, 3.8) is 0 Å². The largest absolute Gasteiger partial charge is 0.481 e. The van der Waals surface area contributed by atoms with Crippen LogP contribution in [0.2, 0.25) is 0 Å². The number of ether oxygens (including phenoxy) is 1. The van der Waals surface area contributed by atoms with Crippen molar-refractivity contribution in [3.8, 4) is 17.3 Å². The van der Waals surface area contributed by atoms with Crippen LogP contribution in [0, 0.1) is 6.92 Å². The number of rotatable bonds is 4. The standard InChI is InChI=1S/C19H22N6O2/c1-4-25-10-14(12(2)23-25)19(26)24-8-7-15-16(11-24)22-18(21-15)13-5-6-17(27-3)20-9-13/h5-6,9-10H,4,7-8,11H2,1-3H3,(H,21,22). The van der Waals surface area contributed by atoms with Gasteiger partial charge in [-0.1, -0.05) is 0 Å². The minimum Gasteiger partial charge on any atom is -0.481 e. The van der Waals surface area contributed by atoms with Gasteiger partial charge in [0, 0.05) is 43.5 Å². The number of carbonyl (C=O) groups excluding carboxylic acids is 1. The molecule has 4 rings (SSSR count). The number of aromatic amines is 1. The predicted molar refractivity (Wildman–Crippen MR) is 99.5 cm³/mol. The van der Waals surface area contributed by atoms with Crippen molar-refractivity contribution in [1.29, 1.82) is 0 Å². The third-order valence-corrected chi connectivity index (χ3v) is 4.84. The van der Waals surface area contributed by atoms with E-state index in [9.17, 15) is 4.79 Å². The first-order valence-corrected chi connectivity index (χ1v) is 9.00. The first-order chi connectivity index (χ1) is 13.1. The maximum absolute atomic E-state index is 12.9. The zero-order chi connectivity index (χ0) is 19.0. The molecular formula is C19H22N6O2. The molecule has 4 heterocycles. The Morgan fingerprint density at radius 1 is 1.37 bits per heavy atom. The second-order valence-corrected chi connectivity index (χ2v) is 6.56. The van der Waals surface area contributed by atoms with Gasteiger partial charge < -0.3 is 14.6 Å². The zero-order valence-corrected chi connectivity index (χ0v) is 15.7. The number of amides is 1. The molecule has 3 aromatic rings. The fraction of sp³-hybridized carbons (Fsp3) is 0.368. The number of hydrogen-bond acceptors (Lipinski definition) is 5. The summed E-state index contributed by atoms with van der Waals surface area (Å²) in [5, 5.41) is 4.38. The molecule has 0 bridgehead atoms. The number of aryl methyl sites for hydroxylation is 2. The minimum atomic E-state index is 0.0140. The van der Waals surface area contributed by atoms with E-state index >= 15 is 0 Å². The van der Waals surface area contributed by atoms with E-state index in [2.05, 4.69) is 20.1 Å². The van der Waals surface area contributed by atoms with Crippen molar-refractivity contribution < 1.29 is 9.53 Å². The fourth-order valence-corrected chi connectivity index (χ4v) is 3.31. The lowest BCUT2D eigenvalue weighted by Gasteiger charge is -2.26. The van der Waals surface area contributed by atoms with Gasteiger partial charge in [-0.2, -0.15) is 5.10 Å². The summed E-state index contributed by atoms with van der Waals surface area (Å²) in [4.78, 5) is 27.0. The third-order valence-electron chi connectivity index (χ3n) is 4.84. The first kappa shape index (κ1) is 17.3. The van der Waals surface area contributed by atoms with Crippen molar-refractivity contribution in [2.24, 2.45) is 0 Å². The van der Waals surface area contributed by atoms with E-state index in [0.717, 1.165) is 41.4 Å². The van der Waals surface area contributed by atoms with Crippen LogP contribution in [0.5, 0.6) is 5.88 Å². The molecule has 0 aliphatic carbocycles. The molecule has 27 heavy (non-hydrogen) atoms. The van der Waals surface area contributed by atoms with Crippen LogP contribution in [0.25, 0.3) is 11.4 Å². The topological polar surface area (TPSA) is 88.9 Å². The van der Waals surface area contributed by atoms with Crippen LogP contribution >= 0.6 is 0 Å². The molecule has 8 heteroatoms. The molecule has 140 valence electrons. The molecule has 0 saturated carbocycles. The number of fused-ring (bicyclic) bond motifs is 1. The monoisotopic (exact) mass is 366 g/mol. The van der Waals surface area contributed by atoms with Gasteiger partial charge >= 0.3 is 0 Å². The Morgan fingerprint density at radius 2 is 2.22 bits per heavy atom. The number of imidazole rings is 1. The third kappa shape index (κ3) is 3.18. The van der Waals surface area contributed by atoms with E-state index in [1.807, 2.05) is 31.0 Å². The van der Waals surface area contributed by atoms with E-state index in [1.54, 1.807) is 24.1 Å². The molecule has 1 aliphatic rings. The van der Waals surface area contributed by atoms with Gasteiger partial charge in [0.05, 0.1) is 36.3 Å². The lowest BCUT2D eigenvalue weighted by atomic mass is 10.1. The van der Waals surface area contributed by atoms with Crippen molar-refractivity contribution in [2.75, 3.05) is 13.7 Å². The van der Waals surface area contributed by atoms with Gasteiger partial charge in [0.1, 0.15) is 5.82 Å². The molecule has 1 amide bonds. The Morgan fingerprint density at radius 3 is 2.89 bits per heavy atom. The number of pyridine rings is 1. The van der Waals surface area contributed by atoms with E-state index in [4.69, 9.17) is 4.74 Å². The Hall–Kier alpha value is -3.16. The van der Waals surface area contributed by atoms with Crippen molar-refractivity contribution in [3.05, 3.63) is 47.2 Å². The highest BCUT2D eigenvalue weighted by atomic mass is 16.5. The zero-order valence-electron chi connectivity index (χ0n) is 15.7. The molecular weight excluding hydrogens is 344 g/mol. The number of hydrogen-bond donors (Lipinski definition) is 1. The Balaban J connectivity index is 1.55. The SMILES string of the molecule is CCn1cc(C(=O)N2CCc3nc(-c4ccc(OC)nc4)[nH]c3C2)c(C)n1. The summed E-state index contributed by atoms with van der Waals surface area (Å²) in [6.45, 7) is 5.79. The number of H-pyrrole nitrogens is 1. The van der Waals surface area contributed by atoms with Crippen LogP contribution in [0.15, 0.2) is 24.5 Å². The Kier molecular flexibility index (Phi) is 4.39. The highest BCUT2D eigenvalue weighted by Gasteiger charge is 2.26. The molecule has 0 atom stereocenters. The van der Waals surface area contributed by atoms with Gasteiger partial charge in [0.25, 0.3) is 5.91 Å². The van der Waals surface area contributed by atoms with Crippen LogP contribution in [0.4, 0.5) is 0 Å². The summed E-state index contributed by atoms with van der Waals surface area (Å²) in [6.07, 6.45) is 4.28. The van der Waals surface area contributed by atoms with Crippen LogP contribution < -0.4 is 4.74 Å². The number of nitrogens with one attached hydrogen (secondary N) is 1. The average molecular weight is 366 g/mol. The quantitative estimate of drug-likeness (QED) is 0.765. The predicted octanol–water partition coefficient (Wildman–Crippen LogP) is 2.20. The second-order valence-electron chi connectivity index (χ2n) is 6.56. The van der Waals surface area contributed by atoms with E-state index in [1.165, 1.54) is 0 Å². The number of nitrogens with zero attached hydrogens (tertiary/aromatic N) is 5. The van der Waals surface area contributed by atoms with Gasteiger partial charge in [0.2, 0.25) is 5.88 Å². The fourth-order valence-electron chi connectivity index (χ4n) is 3.31. The second kappa shape index (κ2) is 6.86. The highest BCUT2D eigenvalue weighted by Crippen LogP contribution is 2.24. The highest BCUT2D eigenvalue weighted by molar-refractivity contribution is 5.95. The van der Waals surface area contributed by atoms with Crippen LogP contribution in [-0.2, 0) is 19.5 Å². The molecule has 0 unspecified atom stereocenters. The molecule has 0 aromatic carbocycles. The number of methoxy groups -OCH3 is 1. The lowest BCUT2D eigenvalue weighted by molar-refractivity contribution is 0.0731. The summed E-state index contributed by atoms with van der Waals surface area (Å²) < 4.78 is 6.89. The van der Waals surface area contributed by atoms with Gasteiger partial charge in [-0.05, 0) is 19.9 Å². The van der Waals surface area contributed by atoms with Crippen molar-refractivity contribution in [2.45, 2.75) is 33.4 Å². The van der Waals surface area contributed by atoms with Crippen molar-refractivity contribution in [1.82, 2.24) is 29.6 Å². The van der Waals surface area contributed by atoms with E-state index in [-0.39, 0.29) is 5.91 Å². The Labute approximate surface area is 157 Å². The normalized spacial score (nSPS) is 13.5. The van der Waals surface area contributed by atoms with Gasteiger partial charge in [-0.3, -0.25) is 9.48 Å². The molecule has 3 aromatic heterocycles. The van der Waals surface area contributed by atoms with E-state index < -0.39 is 0 Å². The average Bonchev–Trinajstić information content (AvgIpc) is 3.30. The molecule has 0 radical (unpaired) electrons. The van der Waals surface area contributed by atoms with E-state index in [0.29, 0.717) is 24.5 Å². The first-order valence-electron chi connectivity index (χ1n) is 9.00. The molecule has 0 spiro atoms. The summed E-state index contributed by atoms with van der Waals surface area (Å²) in [7, 11) is 1.59. The Bertz CT molecular complexity index is 973. The maximum Gasteiger partial charge on any atom is 0.257 e. The lowest BCUT2D eigenvalue weighted by Crippen LogP contribution is -2.36. The summed E-state index contributed by atoms with van der Waals surface area (Å²) in [6, 6.07) is 3.72. The summed E-state index contributed by atoms with van der Waals surface area (Å²) in [5.74, 6) is 1.34. The van der Waals surface area contributed by atoms with Crippen LogP contribution in [0.3, 0.4) is 0 Å². The minimum absolute atomic E-state index is 0.0140. The molecule has 1 aliphatic heterocycles. The number of carbonyl (C=O) groups is 1. The maximum atomic E-state index is 12.9. The smallest absolute Gasteiger partial charge is 0.257 e. The van der Waals surface area contributed by atoms with Crippen LogP contribution in [-0.4, -0.2) is 49.2 Å². The van der Waals surface area contributed by atoms with Gasteiger partial charge in [-0.25, -0.2) is 9.97 Å². The number of aromatic nitrogens is 5. The summed E-state index contributed by atoms with van der Waals surface area (Å²) in [5.41, 5.74) is 4.30. The molecule has 0 fully saturated rings. The van der Waals surface area contributed by atoms with Crippen molar-refractivity contribution >= 4 is 5.91 Å². The molecule has 8 nitrogen and oxygen atoms in total. The summed E-state index contributed by atoms with van der Waals surface area (Å²) >= 11 is 0.